The minimum absolute atomic E-state index is 0.0941. The molecule has 0 amide bonds. The fourth-order valence-corrected chi connectivity index (χ4v) is 1.77. The Morgan fingerprint density at radius 1 is 1.11 bits per heavy atom. The third kappa shape index (κ3) is 3.35. The van der Waals surface area contributed by atoms with Crippen molar-refractivity contribution < 1.29 is 9.53 Å². The van der Waals surface area contributed by atoms with Gasteiger partial charge in [-0.25, -0.2) is 0 Å². The normalized spacial score (nSPS) is 20.0. The number of ketones is 1. The first-order chi connectivity index (χ1) is 9.22. The molecular formula is C16H17NO2. The van der Waals surface area contributed by atoms with Crippen LogP contribution in [0.3, 0.4) is 0 Å². The summed E-state index contributed by atoms with van der Waals surface area (Å²) in [6.07, 6.45) is 17.2. The molecule has 0 radical (unpaired) electrons. The minimum atomic E-state index is -0.0941. The van der Waals surface area contributed by atoms with Crippen molar-refractivity contribution in [1.29, 1.82) is 0 Å². The number of nitrogens with zero attached hydrogens (tertiary/aromatic N) is 1. The fraction of sp³-hybridized carbons (Fsp3) is 0.188. The van der Waals surface area contributed by atoms with Crippen molar-refractivity contribution in [3.8, 4) is 0 Å². The number of carbonyl (C=O) groups excluding carboxylic acids is 1. The lowest BCUT2D eigenvalue weighted by molar-refractivity contribution is -0.114. The Hall–Kier alpha value is -2.29. The summed E-state index contributed by atoms with van der Waals surface area (Å²) in [5, 5.41) is 0. The number of carbonyl (C=O) groups is 1. The average Bonchev–Trinajstić information content (AvgIpc) is 2.47. The number of methoxy groups -OCH3 is 1. The van der Waals surface area contributed by atoms with Crippen molar-refractivity contribution >= 4 is 5.78 Å². The summed E-state index contributed by atoms with van der Waals surface area (Å²) in [7, 11) is 1.50. The first-order valence-corrected chi connectivity index (χ1v) is 6.25. The maximum Gasteiger partial charge on any atom is 0.220 e. The van der Waals surface area contributed by atoms with E-state index >= 15 is 0 Å². The van der Waals surface area contributed by atoms with Crippen LogP contribution < -0.4 is 0 Å². The molecule has 0 spiro atoms. The van der Waals surface area contributed by atoms with Gasteiger partial charge >= 0.3 is 0 Å². The zero-order chi connectivity index (χ0) is 13.7. The van der Waals surface area contributed by atoms with Crippen LogP contribution in [0.2, 0.25) is 0 Å². The van der Waals surface area contributed by atoms with E-state index in [9.17, 15) is 4.79 Å². The molecule has 3 nitrogen and oxygen atoms in total. The summed E-state index contributed by atoms with van der Waals surface area (Å²) in [5.41, 5.74) is 2.07. The molecule has 1 aliphatic heterocycles. The van der Waals surface area contributed by atoms with Gasteiger partial charge in [-0.3, -0.25) is 4.79 Å². The molecular weight excluding hydrogens is 238 g/mol. The van der Waals surface area contributed by atoms with Crippen molar-refractivity contribution in [1.82, 2.24) is 4.90 Å². The van der Waals surface area contributed by atoms with Crippen LogP contribution >= 0.6 is 0 Å². The van der Waals surface area contributed by atoms with Crippen LogP contribution in [0.4, 0.5) is 0 Å². The van der Waals surface area contributed by atoms with Gasteiger partial charge in [-0.15, -0.1) is 0 Å². The Labute approximate surface area is 113 Å². The van der Waals surface area contributed by atoms with Gasteiger partial charge in [0.25, 0.3) is 0 Å². The molecule has 0 bridgehead atoms. The van der Waals surface area contributed by atoms with Crippen LogP contribution in [0.15, 0.2) is 71.8 Å². The molecule has 0 fully saturated rings. The quantitative estimate of drug-likeness (QED) is 0.776. The first-order valence-electron chi connectivity index (χ1n) is 6.25. The maximum atomic E-state index is 11.4. The molecule has 0 aromatic rings. The molecule has 0 saturated heterocycles. The summed E-state index contributed by atoms with van der Waals surface area (Å²) in [4.78, 5) is 13.5. The van der Waals surface area contributed by atoms with Crippen molar-refractivity contribution in [3.63, 3.8) is 0 Å². The lowest BCUT2D eigenvalue weighted by Crippen LogP contribution is -2.09. The highest BCUT2D eigenvalue weighted by atomic mass is 16.5. The highest BCUT2D eigenvalue weighted by molar-refractivity contribution is 6.04. The minimum Gasteiger partial charge on any atom is -0.493 e. The van der Waals surface area contributed by atoms with Gasteiger partial charge in [-0.1, -0.05) is 18.2 Å². The molecule has 2 aliphatic rings. The monoisotopic (exact) mass is 255 g/mol. The second kappa shape index (κ2) is 6.05. The first kappa shape index (κ1) is 13.1. The number of hydrogen-bond donors (Lipinski definition) is 0. The zero-order valence-corrected chi connectivity index (χ0v) is 11.2. The topological polar surface area (TPSA) is 29.5 Å². The largest absolute Gasteiger partial charge is 0.493 e. The predicted molar refractivity (Wildman–Crippen MR) is 76.1 cm³/mol. The standard InChI is InChI=1S/C16H17NO2/c1-3-17-10-8-13(9-11-17)4-5-14-6-7-15(18)16(12-14)19-2/h4-12H,3H2,1-2H3. The van der Waals surface area contributed by atoms with E-state index in [1.54, 1.807) is 12.2 Å². The van der Waals surface area contributed by atoms with E-state index in [2.05, 4.69) is 24.0 Å². The summed E-state index contributed by atoms with van der Waals surface area (Å²) < 4.78 is 5.02. The summed E-state index contributed by atoms with van der Waals surface area (Å²) in [5.74, 6) is 0.280. The summed E-state index contributed by atoms with van der Waals surface area (Å²) in [6, 6.07) is 0. The van der Waals surface area contributed by atoms with E-state index in [0.29, 0.717) is 5.76 Å². The van der Waals surface area contributed by atoms with Gasteiger partial charge in [0, 0.05) is 18.9 Å². The van der Waals surface area contributed by atoms with Gasteiger partial charge < -0.3 is 9.64 Å². The molecule has 0 atom stereocenters. The molecule has 0 saturated carbocycles. The van der Waals surface area contributed by atoms with Crippen molar-refractivity contribution in [3.05, 3.63) is 71.8 Å². The fourth-order valence-electron chi connectivity index (χ4n) is 1.77. The molecule has 2 rings (SSSR count). The highest BCUT2D eigenvalue weighted by Crippen LogP contribution is 2.15. The molecule has 3 heteroatoms. The molecule has 1 heterocycles. The van der Waals surface area contributed by atoms with Gasteiger partial charge in [-0.05, 0) is 42.4 Å². The molecule has 0 aromatic carbocycles. The average molecular weight is 255 g/mol. The van der Waals surface area contributed by atoms with Gasteiger partial charge in [0.15, 0.2) is 5.76 Å². The second-order valence-electron chi connectivity index (χ2n) is 4.21. The zero-order valence-electron chi connectivity index (χ0n) is 11.2. The van der Waals surface area contributed by atoms with E-state index in [1.165, 1.54) is 13.2 Å². The van der Waals surface area contributed by atoms with Gasteiger partial charge in [0.2, 0.25) is 5.78 Å². The number of hydrogen-bond acceptors (Lipinski definition) is 3. The lowest BCUT2D eigenvalue weighted by atomic mass is 10.1. The Kier molecular flexibility index (Phi) is 4.18. The molecule has 19 heavy (non-hydrogen) atoms. The van der Waals surface area contributed by atoms with Crippen molar-refractivity contribution in [2.75, 3.05) is 13.7 Å². The Morgan fingerprint density at radius 2 is 1.79 bits per heavy atom. The number of allylic oxidation sites excluding steroid dienone is 9. The van der Waals surface area contributed by atoms with Crippen LogP contribution in [0.25, 0.3) is 0 Å². The third-order valence-electron chi connectivity index (χ3n) is 2.94. The SMILES string of the molecule is CCN1C=CC(=CC=C2C=CC(=O)C(OC)=C2)C=C1. The predicted octanol–water partition coefficient (Wildman–Crippen LogP) is 2.87. The molecule has 1 aliphatic carbocycles. The van der Waals surface area contributed by atoms with E-state index < -0.39 is 0 Å². The van der Waals surface area contributed by atoms with Crippen LogP contribution in [-0.4, -0.2) is 24.3 Å². The van der Waals surface area contributed by atoms with Crippen molar-refractivity contribution in [2.45, 2.75) is 6.92 Å². The van der Waals surface area contributed by atoms with Gasteiger partial charge in [0.05, 0.1) is 7.11 Å². The van der Waals surface area contributed by atoms with Crippen molar-refractivity contribution in [2.24, 2.45) is 0 Å². The van der Waals surface area contributed by atoms with E-state index in [0.717, 1.165) is 17.7 Å². The van der Waals surface area contributed by atoms with Crippen LogP contribution in [-0.2, 0) is 9.53 Å². The molecule has 0 N–H and O–H groups in total. The number of ether oxygens (including phenoxy) is 1. The third-order valence-corrected chi connectivity index (χ3v) is 2.94. The maximum absolute atomic E-state index is 11.4. The summed E-state index contributed by atoms with van der Waals surface area (Å²) >= 11 is 0. The smallest absolute Gasteiger partial charge is 0.220 e. The van der Waals surface area contributed by atoms with E-state index in [-0.39, 0.29) is 5.78 Å². The Morgan fingerprint density at radius 3 is 2.42 bits per heavy atom. The molecule has 0 aromatic heterocycles. The molecule has 98 valence electrons. The Balaban J connectivity index is 2.12. The Bertz CT molecular complexity index is 529. The van der Waals surface area contributed by atoms with Gasteiger partial charge in [-0.2, -0.15) is 0 Å². The van der Waals surface area contributed by atoms with Crippen LogP contribution in [0.1, 0.15) is 6.92 Å². The van der Waals surface area contributed by atoms with E-state index in [4.69, 9.17) is 4.74 Å². The lowest BCUT2D eigenvalue weighted by Gasteiger charge is -2.15. The summed E-state index contributed by atoms with van der Waals surface area (Å²) in [6.45, 7) is 3.07. The number of rotatable bonds is 3. The van der Waals surface area contributed by atoms with E-state index in [1.807, 2.05) is 24.6 Å². The van der Waals surface area contributed by atoms with Gasteiger partial charge in [0.1, 0.15) is 0 Å². The highest BCUT2D eigenvalue weighted by Gasteiger charge is 2.10. The van der Waals surface area contributed by atoms with Crippen LogP contribution in [0.5, 0.6) is 0 Å². The van der Waals surface area contributed by atoms with Crippen LogP contribution in [0, 0.1) is 0 Å². The second-order valence-corrected chi connectivity index (χ2v) is 4.21. The molecule has 0 unspecified atom stereocenters.